The van der Waals surface area contributed by atoms with Crippen molar-refractivity contribution in [1.29, 1.82) is 0 Å². The van der Waals surface area contributed by atoms with Crippen molar-refractivity contribution in [2.24, 2.45) is 0 Å². The first-order valence-electron chi connectivity index (χ1n) is 9.69. The van der Waals surface area contributed by atoms with Gasteiger partial charge in [0.2, 0.25) is 11.8 Å². The van der Waals surface area contributed by atoms with E-state index in [1.165, 1.54) is 10.5 Å². The van der Waals surface area contributed by atoms with E-state index in [1.807, 2.05) is 12.1 Å². The topological polar surface area (TPSA) is 66.5 Å². The molecular formula is C23H26N2O3. The molecule has 5 heteroatoms. The van der Waals surface area contributed by atoms with E-state index in [0.29, 0.717) is 17.2 Å². The highest BCUT2D eigenvalue weighted by Crippen LogP contribution is 2.29. The van der Waals surface area contributed by atoms with Crippen LogP contribution in [-0.4, -0.2) is 17.7 Å². The van der Waals surface area contributed by atoms with Crippen LogP contribution in [0.15, 0.2) is 42.5 Å². The van der Waals surface area contributed by atoms with Crippen molar-refractivity contribution in [3.05, 3.63) is 59.2 Å². The molecule has 1 heterocycles. The van der Waals surface area contributed by atoms with Crippen LogP contribution in [-0.2, 0) is 9.59 Å². The van der Waals surface area contributed by atoms with E-state index in [2.05, 4.69) is 39.1 Å². The third-order valence-electron chi connectivity index (χ3n) is 5.05. The number of anilines is 2. The molecule has 28 heavy (non-hydrogen) atoms. The molecule has 0 unspecified atom stereocenters. The molecule has 2 aromatic carbocycles. The Kier molecular flexibility index (Phi) is 5.63. The highest BCUT2D eigenvalue weighted by molar-refractivity contribution is 6.20. The lowest BCUT2D eigenvalue weighted by molar-refractivity contribution is -0.121. The summed E-state index contributed by atoms with van der Waals surface area (Å²) in [5.74, 6) is 0.0854. The monoisotopic (exact) mass is 378 g/mol. The van der Waals surface area contributed by atoms with Gasteiger partial charge in [-0.2, -0.15) is 0 Å². The van der Waals surface area contributed by atoms with Gasteiger partial charge in [0.1, 0.15) is 0 Å². The van der Waals surface area contributed by atoms with Crippen LogP contribution in [0.2, 0.25) is 0 Å². The Hall–Kier alpha value is -2.95. The summed E-state index contributed by atoms with van der Waals surface area (Å²) in [5, 5.41) is 2.99. The lowest BCUT2D eigenvalue weighted by Gasteiger charge is -2.17. The number of imide groups is 1. The fourth-order valence-corrected chi connectivity index (χ4v) is 3.35. The first kappa shape index (κ1) is 19.8. The summed E-state index contributed by atoms with van der Waals surface area (Å²) in [5.41, 5.74) is 4.13. The second-order valence-corrected chi connectivity index (χ2v) is 7.78. The van der Waals surface area contributed by atoms with Gasteiger partial charge in [0.05, 0.1) is 5.69 Å². The van der Waals surface area contributed by atoms with Crippen LogP contribution in [0.25, 0.3) is 0 Å². The summed E-state index contributed by atoms with van der Waals surface area (Å²) in [6, 6.07) is 12.7. The average Bonchev–Trinajstić information content (AvgIpc) is 3.00. The molecule has 2 aromatic rings. The fourth-order valence-electron chi connectivity index (χ4n) is 3.35. The summed E-state index contributed by atoms with van der Waals surface area (Å²) in [6.07, 6.45) is 0.483. The lowest BCUT2D eigenvalue weighted by atomic mass is 9.94. The average molecular weight is 378 g/mol. The Labute approximate surface area is 165 Å². The fraction of sp³-hybridized carbons (Fsp3) is 0.348. The number of hydrogen-bond donors (Lipinski definition) is 1. The molecule has 0 spiro atoms. The van der Waals surface area contributed by atoms with Gasteiger partial charge >= 0.3 is 0 Å². The molecule has 1 aliphatic heterocycles. The highest BCUT2D eigenvalue weighted by Gasteiger charge is 2.30. The van der Waals surface area contributed by atoms with E-state index < -0.39 is 0 Å². The van der Waals surface area contributed by atoms with Crippen molar-refractivity contribution in [3.8, 4) is 0 Å². The largest absolute Gasteiger partial charge is 0.322 e. The van der Waals surface area contributed by atoms with Gasteiger partial charge in [-0.15, -0.1) is 0 Å². The van der Waals surface area contributed by atoms with Gasteiger partial charge < -0.3 is 5.32 Å². The van der Waals surface area contributed by atoms with Crippen LogP contribution < -0.4 is 10.2 Å². The number of carbonyl (C=O) groups excluding carboxylic acids is 3. The second kappa shape index (κ2) is 7.97. The Morgan fingerprint density at radius 1 is 0.893 bits per heavy atom. The summed E-state index contributed by atoms with van der Waals surface area (Å²) < 4.78 is 0. The van der Waals surface area contributed by atoms with Gasteiger partial charge in [0.15, 0.2) is 0 Å². The molecule has 1 N–H and O–H groups in total. The van der Waals surface area contributed by atoms with Gasteiger partial charge in [-0.25, -0.2) is 0 Å². The molecule has 0 atom stereocenters. The predicted octanol–water partition coefficient (Wildman–Crippen LogP) is 4.84. The van der Waals surface area contributed by atoms with Crippen LogP contribution in [0.4, 0.5) is 11.4 Å². The molecule has 1 saturated heterocycles. The molecule has 0 radical (unpaired) electrons. The number of amides is 3. The van der Waals surface area contributed by atoms with Gasteiger partial charge in [-0.05, 0) is 53.3 Å². The van der Waals surface area contributed by atoms with Crippen LogP contribution in [0.1, 0.15) is 73.9 Å². The summed E-state index contributed by atoms with van der Waals surface area (Å²) in [6.45, 7) is 8.51. The van der Waals surface area contributed by atoms with Crippen LogP contribution in [0.3, 0.4) is 0 Å². The zero-order chi connectivity index (χ0) is 20.4. The number of carbonyl (C=O) groups is 3. The van der Waals surface area contributed by atoms with Crippen LogP contribution in [0.5, 0.6) is 0 Å². The molecular weight excluding hydrogens is 352 g/mol. The second-order valence-electron chi connectivity index (χ2n) is 7.78. The Balaban J connectivity index is 1.80. The molecule has 3 rings (SSSR count). The Morgan fingerprint density at radius 2 is 1.50 bits per heavy atom. The highest BCUT2D eigenvalue weighted by atomic mass is 16.2. The maximum Gasteiger partial charge on any atom is 0.255 e. The minimum absolute atomic E-state index is 0.200. The van der Waals surface area contributed by atoms with Gasteiger partial charge in [-0.1, -0.05) is 39.8 Å². The van der Waals surface area contributed by atoms with E-state index in [-0.39, 0.29) is 36.5 Å². The minimum atomic E-state index is -0.218. The number of benzene rings is 2. The summed E-state index contributed by atoms with van der Waals surface area (Å²) >= 11 is 0. The molecule has 0 aromatic heterocycles. The normalized spacial score (nSPS) is 14.3. The van der Waals surface area contributed by atoms with Gasteiger partial charge in [0.25, 0.3) is 5.91 Å². The zero-order valence-corrected chi connectivity index (χ0v) is 16.8. The van der Waals surface area contributed by atoms with Crippen molar-refractivity contribution in [2.45, 2.75) is 52.4 Å². The Morgan fingerprint density at radius 3 is 2.04 bits per heavy atom. The first-order chi connectivity index (χ1) is 13.3. The maximum absolute atomic E-state index is 12.7. The Bertz CT molecular complexity index is 898. The molecule has 0 saturated carbocycles. The first-order valence-corrected chi connectivity index (χ1v) is 9.69. The van der Waals surface area contributed by atoms with Crippen LogP contribution >= 0.6 is 0 Å². The number of hydrogen-bond acceptors (Lipinski definition) is 3. The molecule has 146 valence electrons. The molecule has 0 bridgehead atoms. The molecule has 1 fully saturated rings. The van der Waals surface area contributed by atoms with E-state index in [1.54, 1.807) is 24.3 Å². The lowest BCUT2D eigenvalue weighted by Crippen LogP contribution is -2.28. The molecule has 1 aliphatic rings. The SMILES string of the molecule is CC(C)c1ccc(NC(=O)c2ccc(N3C(=O)CCC3=O)cc2)c(C(C)C)c1. The van der Waals surface area contributed by atoms with E-state index in [9.17, 15) is 14.4 Å². The third kappa shape index (κ3) is 3.98. The van der Waals surface area contributed by atoms with Gasteiger partial charge in [0, 0.05) is 24.1 Å². The van der Waals surface area contributed by atoms with E-state index in [0.717, 1.165) is 11.3 Å². The van der Waals surface area contributed by atoms with E-state index in [4.69, 9.17) is 0 Å². The summed E-state index contributed by atoms with van der Waals surface area (Å²) in [4.78, 5) is 37.6. The minimum Gasteiger partial charge on any atom is -0.322 e. The van der Waals surface area contributed by atoms with E-state index >= 15 is 0 Å². The molecule has 3 amide bonds. The van der Waals surface area contributed by atoms with Crippen molar-refractivity contribution >= 4 is 29.1 Å². The smallest absolute Gasteiger partial charge is 0.255 e. The standard InChI is InChI=1S/C23H26N2O3/c1-14(2)17-7-10-20(19(13-17)15(3)4)24-23(28)16-5-8-18(9-6-16)25-21(26)11-12-22(25)27/h5-10,13-15H,11-12H2,1-4H3,(H,24,28). The predicted molar refractivity (Wildman–Crippen MR) is 111 cm³/mol. The van der Waals surface area contributed by atoms with Crippen molar-refractivity contribution < 1.29 is 14.4 Å². The number of nitrogens with zero attached hydrogens (tertiary/aromatic N) is 1. The third-order valence-corrected chi connectivity index (χ3v) is 5.05. The number of rotatable bonds is 5. The van der Waals surface area contributed by atoms with Gasteiger partial charge in [-0.3, -0.25) is 19.3 Å². The van der Waals surface area contributed by atoms with Crippen molar-refractivity contribution in [2.75, 3.05) is 10.2 Å². The van der Waals surface area contributed by atoms with Crippen molar-refractivity contribution in [1.82, 2.24) is 0 Å². The van der Waals surface area contributed by atoms with Crippen LogP contribution in [0, 0.1) is 0 Å². The quantitative estimate of drug-likeness (QED) is 0.757. The van der Waals surface area contributed by atoms with Crippen molar-refractivity contribution in [3.63, 3.8) is 0 Å². The maximum atomic E-state index is 12.7. The molecule has 5 nitrogen and oxygen atoms in total. The molecule has 0 aliphatic carbocycles. The summed E-state index contributed by atoms with van der Waals surface area (Å²) in [7, 11) is 0. The number of nitrogens with one attached hydrogen (secondary N) is 1. The zero-order valence-electron chi connectivity index (χ0n) is 16.8.